The van der Waals surface area contributed by atoms with E-state index >= 15 is 0 Å². The van der Waals surface area contributed by atoms with E-state index in [1.807, 2.05) is 42.1 Å². The summed E-state index contributed by atoms with van der Waals surface area (Å²) < 4.78 is 12.4. The monoisotopic (exact) mass is 284 g/mol. The molecule has 0 N–H and O–H groups in total. The van der Waals surface area contributed by atoms with Crippen LogP contribution in [0.3, 0.4) is 0 Å². The molecular formula is C15H16N4O2. The fourth-order valence-corrected chi connectivity index (χ4v) is 2.07. The molecule has 0 fully saturated rings. The molecule has 0 bridgehead atoms. The summed E-state index contributed by atoms with van der Waals surface area (Å²) in [6.45, 7) is 0. The summed E-state index contributed by atoms with van der Waals surface area (Å²) in [6.07, 6.45) is 5.15. The van der Waals surface area contributed by atoms with Gasteiger partial charge in [0.05, 0.1) is 7.11 Å². The number of imidazole rings is 1. The van der Waals surface area contributed by atoms with Crippen molar-refractivity contribution in [1.29, 1.82) is 0 Å². The maximum Gasteiger partial charge on any atom is 0.227 e. The Bertz CT molecular complexity index is 715. The fourth-order valence-electron chi connectivity index (χ4n) is 2.07. The molecule has 0 amide bonds. The lowest BCUT2D eigenvalue weighted by atomic mass is 10.2. The topological polar surface area (TPSA) is 66.0 Å². The summed E-state index contributed by atoms with van der Waals surface area (Å²) in [5.41, 5.74) is 0.905. The molecular weight excluding hydrogens is 268 g/mol. The van der Waals surface area contributed by atoms with Crippen LogP contribution in [-0.2, 0) is 19.9 Å². The minimum atomic E-state index is 0.590. The van der Waals surface area contributed by atoms with Gasteiger partial charge in [-0.05, 0) is 24.3 Å². The predicted molar refractivity (Wildman–Crippen MR) is 76.9 cm³/mol. The third-order valence-electron chi connectivity index (χ3n) is 3.30. The molecule has 3 aromatic rings. The Hall–Kier alpha value is -2.63. The molecule has 3 rings (SSSR count). The van der Waals surface area contributed by atoms with Crippen LogP contribution in [0.25, 0.3) is 11.4 Å². The van der Waals surface area contributed by atoms with E-state index in [0.717, 1.165) is 23.6 Å². The average Bonchev–Trinajstić information content (AvgIpc) is 3.14. The molecule has 0 saturated carbocycles. The highest BCUT2D eigenvalue weighted by Gasteiger charge is 2.10. The van der Waals surface area contributed by atoms with Crippen molar-refractivity contribution in [3.63, 3.8) is 0 Å². The van der Waals surface area contributed by atoms with Crippen LogP contribution in [0.1, 0.15) is 11.7 Å². The van der Waals surface area contributed by atoms with Crippen molar-refractivity contribution in [2.24, 2.45) is 7.05 Å². The summed E-state index contributed by atoms with van der Waals surface area (Å²) in [5, 5.41) is 4.01. The fraction of sp³-hybridized carbons (Fsp3) is 0.267. The van der Waals surface area contributed by atoms with E-state index in [2.05, 4.69) is 15.1 Å². The molecule has 6 heteroatoms. The van der Waals surface area contributed by atoms with Gasteiger partial charge in [0, 0.05) is 37.8 Å². The Morgan fingerprint density at radius 2 is 2.00 bits per heavy atom. The van der Waals surface area contributed by atoms with Gasteiger partial charge in [-0.1, -0.05) is 5.16 Å². The average molecular weight is 284 g/mol. The highest BCUT2D eigenvalue weighted by Crippen LogP contribution is 2.20. The van der Waals surface area contributed by atoms with Crippen LogP contribution in [0.4, 0.5) is 0 Å². The van der Waals surface area contributed by atoms with Crippen LogP contribution in [0.15, 0.2) is 41.2 Å². The largest absolute Gasteiger partial charge is 0.497 e. The standard InChI is InChI=1S/C15H16N4O2/c1-19-10-9-16-13(19)7-8-14-17-15(18-21-14)11-3-5-12(20-2)6-4-11/h3-6,9-10H,7-8H2,1-2H3. The summed E-state index contributed by atoms with van der Waals surface area (Å²) >= 11 is 0. The lowest BCUT2D eigenvalue weighted by Crippen LogP contribution is -2.00. The zero-order valence-electron chi connectivity index (χ0n) is 12.0. The Morgan fingerprint density at radius 3 is 2.67 bits per heavy atom. The van der Waals surface area contributed by atoms with E-state index in [1.165, 1.54) is 0 Å². The molecule has 1 aromatic carbocycles. The summed E-state index contributed by atoms with van der Waals surface area (Å²) in [6, 6.07) is 7.57. The summed E-state index contributed by atoms with van der Waals surface area (Å²) in [4.78, 5) is 8.68. The summed E-state index contributed by atoms with van der Waals surface area (Å²) in [5.74, 6) is 3.01. The number of rotatable bonds is 5. The quantitative estimate of drug-likeness (QED) is 0.719. The van der Waals surface area contributed by atoms with Crippen molar-refractivity contribution in [2.45, 2.75) is 12.8 Å². The SMILES string of the molecule is COc1ccc(-c2noc(CCc3nccn3C)n2)cc1. The first-order valence-electron chi connectivity index (χ1n) is 6.69. The van der Waals surface area contributed by atoms with E-state index in [0.29, 0.717) is 18.1 Å². The minimum absolute atomic E-state index is 0.590. The number of aromatic nitrogens is 4. The lowest BCUT2D eigenvalue weighted by Gasteiger charge is -1.99. The Labute approximate surface area is 122 Å². The number of benzene rings is 1. The van der Waals surface area contributed by atoms with E-state index in [9.17, 15) is 0 Å². The molecule has 108 valence electrons. The predicted octanol–water partition coefficient (Wildman–Crippen LogP) is 2.26. The number of nitrogens with zero attached hydrogens (tertiary/aromatic N) is 4. The molecule has 0 aliphatic rings. The second-order valence-electron chi connectivity index (χ2n) is 4.69. The minimum Gasteiger partial charge on any atom is -0.497 e. The molecule has 0 spiro atoms. The molecule has 0 saturated heterocycles. The molecule has 0 aliphatic carbocycles. The highest BCUT2D eigenvalue weighted by atomic mass is 16.5. The lowest BCUT2D eigenvalue weighted by molar-refractivity contribution is 0.377. The molecule has 2 heterocycles. The maximum atomic E-state index is 5.28. The second kappa shape index (κ2) is 5.78. The Balaban J connectivity index is 1.69. The highest BCUT2D eigenvalue weighted by molar-refractivity contribution is 5.55. The van der Waals surface area contributed by atoms with Crippen molar-refractivity contribution in [1.82, 2.24) is 19.7 Å². The smallest absolute Gasteiger partial charge is 0.227 e. The van der Waals surface area contributed by atoms with E-state index < -0.39 is 0 Å². The maximum absolute atomic E-state index is 5.28. The van der Waals surface area contributed by atoms with Gasteiger partial charge in [0.1, 0.15) is 11.6 Å². The van der Waals surface area contributed by atoms with Crippen LogP contribution < -0.4 is 4.74 Å². The normalized spacial score (nSPS) is 10.8. The van der Waals surface area contributed by atoms with Crippen molar-refractivity contribution < 1.29 is 9.26 Å². The van der Waals surface area contributed by atoms with E-state index in [-0.39, 0.29) is 0 Å². The zero-order chi connectivity index (χ0) is 14.7. The molecule has 0 radical (unpaired) electrons. The molecule has 0 aliphatic heterocycles. The number of hydrogen-bond acceptors (Lipinski definition) is 5. The Morgan fingerprint density at radius 1 is 1.19 bits per heavy atom. The third kappa shape index (κ3) is 2.94. The van der Waals surface area contributed by atoms with Crippen molar-refractivity contribution >= 4 is 0 Å². The number of aryl methyl sites for hydroxylation is 3. The van der Waals surface area contributed by atoms with Crippen LogP contribution in [0.2, 0.25) is 0 Å². The van der Waals surface area contributed by atoms with Gasteiger partial charge in [0.15, 0.2) is 0 Å². The van der Waals surface area contributed by atoms with Crippen molar-refractivity contribution in [3.05, 3.63) is 48.4 Å². The van der Waals surface area contributed by atoms with Crippen LogP contribution in [0, 0.1) is 0 Å². The van der Waals surface area contributed by atoms with Gasteiger partial charge in [-0.25, -0.2) is 4.98 Å². The number of methoxy groups -OCH3 is 1. The van der Waals surface area contributed by atoms with Gasteiger partial charge >= 0.3 is 0 Å². The first kappa shape index (κ1) is 13.4. The van der Waals surface area contributed by atoms with Gasteiger partial charge in [0.2, 0.25) is 11.7 Å². The van der Waals surface area contributed by atoms with Crippen molar-refractivity contribution in [3.8, 4) is 17.1 Å². The first-order valence-corrected chi connectivity index (χ1v) is 6.69. The molecule has 0 atom stereocenters. The first-order chi connectivity index (χ1) is 10.3. The van der Waals surface area contributed by atoms with Crippen LogP contribution in [0.5, 0.6) is 5.75 Å². The van der Waals surface area contributed by atoms with Gasteiger partial charge in [0.25, 0.3) is 0 Å². The summed E-state index contributed by atoms with van der Waals surface area (Å²) in [7, 11) is 3.61. The van der Waals surface area contributed by atoms with Crippen LogP contribution in [-0.4, -0.2) is 26.8 Å². The zero-order valence-corrected chi connectivity index (χ0v) is 12.0. The molecule has 2 aromatic heterocycles. The van der Waals surface area contributed by atoms with Gasteiger partial charge in [-0.2, -0.15) is 4.98 Å². The second-order valence-corrected chi connectivity index (χ2v) is 4.69. The number of ether oxygens (including phenoxy) is 1. The molecule has 6 nitrogen and oxygen atoms in total. The molecule has 21 heavy (non-hydrogen) atoms. The van der Waals surface area contributed by atoms with Gasteiger partial charge < -0.3 is 13.8 Å². The number of hydrogen-bond donors (Lipinski definition) is 0. The Kier molecular flexibility index (Phi) is 3.68. The molecule has 0 unspecified atom stereocenters. The van der Waals surface area contributed by atoms with Gasteiger partial charge in [-0.3, -0.25) is 0 Å². The van der Waals surface area contributed by atoms with Crippen LogP contribution >= 0.6 is 0 Å². The van der Waals surface area contributed by atoms with Gasteiger partial charge in [-0.15, -0.1) is 0 Å². The third-order valence-corrected chi connectivity index (χ3v) is 3.30. The van der Waals surface area contributed by atoms with E-state index in [1.54, 1.807) is 13.3 Å². The van der Waals surface area contributed by atoms with Crippen molar-refractivity contribution in [2.75, 3.05) is 7.11 Å². The van der Waals surface area contributed by atoms with E-state index in [4.69, 9.17) is 9.26 Å².